The highest BCUT2D eigenvalue weighted by atomic mass is 28.4. The molecular formula is C16H28N6O5Si. The number of carbonyl (C=O) groups excluding carboxylic acids is 2. The first-order valence-corrected chi connectivity index (χ1v) is 11.9. The normalized spacial score (nSPS) is 27.8. The van der Waals surface area contributed by atoms with Gasteiger partial charge in [-0.3, -0.25) is 9.59 Å². The van der Waals surface area contributed by atoms with Gasteiger partial charge in [0.25, 0.3) is 0 Å². The van der Waals surface area contributed by atoms with E-state index in [-0.39, 0.29) is 11.5 Å². The van der Waals surface area contributed by atoms with Crippen LogP contribution in [0, 0.1) is 0 Å². The molecule has 1 fully saturated rings. The van der Waals surface area contributed by atoms with Crippen LogP contribution in [0.2, 0.25) is 18.1 Å². The summed E-state index contributed by atoms with van der Waals surface area (Å²) in [5.74, 6) is -1.24. The zero-order valence-electron chi connectivity index (χ0n) is 17.3. The van der Waals surface area contributed by atoms with Gasteiger partial charge < -0.3 is 13.9 Å². The van der Waals surface area contributed by atoms with E-state index in [0.29, 0.717) is 0 Å². The van der Waals surface area contributed by atoms with Crippen LogP contribution in [0.4, 0.5) is 0 Å². The fourth-order valence-corrected chi connectivity index (χ4v) is 4.15. The molecule has 0 saturated heterocycles. The van der Waals surface area contributed by atoms with Crippen molar-refractivity contribution in [2.24, 2.45) is 10.2 Å². The predicted octanol–water partition coefficient (Wildman–Crippen LogP) is 4.00. The van der Waals surface area contributed by atoms with Crippen molar-refractivity contribution in [3.05, 3.63) is 20.9 Å². The molecule has 0 aromatic heterocycles. The lowest BCUT2D eigenvalue weighted by Gasteiger charge is -2.47. The molecule has 0 spiro atoms. The van der Waals surface area contributed by atoms with Gasteiger partial charge in [-0.2, -0.15) is 0 Å². The molecular weight excluding hydrogens is 384 g/mol. The minimum absolute atomic E-state index is 0.100. The van der Waals surface area contributed by atoms with Crippen LogP contribution >= 0.6 is 0 Å². The summed E-state index contributed by atoms with van der Waals surface area (Å²) in [6.07, 6.45) is -2.86. The van der Waals surface area contributed by atoms with E-state index in [1.807, 2.05) is 33.9 Å². The molecule has 0 aromatic carbocycles. The van der Waals surface area contributed by atoms with Crippen LogP contribution in [0.1, 0.15) is 41.0 Å². The summed E-state index contributed by atoms with van der Waals surface area (Å²) in [4.78, 5) is 29.1. The zero-order chi connectivity index (χ0) is 21.7. The van der Waals surface area contributed by atoms with E-state index < -0.39 is 50.7 Å². The van der Waals surface area contributed by atoms with Crippen LogP contribution in [-0.4, -0.2) is 50.7 Å². The second kappa shape index (κ2) is 9.29. The van der Waals surface area contributed by atoms with Crippen molar-refractivity contribution in [1.82, 2.24) is 0 Å². The summed E-state index contributed by atoms with van der Waals surface area (Å²) in [6, 6.07) is -1.63. The van der Waals surface area contributed by atoms with Crippen molar-refractivity contribution in [2.45, 2.75) is 89.6 Å². The lowest BCUT2D eigenvalue weighted by atomic mass is 9.84. The molecule has 1 aliphatic rings. The van der Waals surface area contributed by atoms with Crippen molar-refractivity contribution in [3.63, 3.8) is 0 Å². The highest BCUT2D eigenvalue weighted by Crippen LogP contribution is 2.41. The summed E-state index contributed by atoms with van der Waals surface area (Å²) < 4.78 is 17.2. The van der Waals surface area contributed by atoms with E-state index >= 15 is 0 Å². The number of ether oxygens (including phenoxy) is 2. The molecule has 0 heterocycles. The van der Waals surface area contributed by atoms with Gasteiger partial charge in [0.05, 0.1) is 18.2 Å². The topological polar surface area (TPSA) is 159 Å². The Morgan fingerprint density at radius 3 is 1.75 bits per heavy atom. The van der Waals surface area contributed by atoms with E-state index in [0.717, 1.165) is 0 Å². The van der Waals surface area contributed by atoms with Crippen molar-refractivity contribution in [2.75, 3.05) is 0 Å². The third-order valence-corrected chi connectivity index (χ3v) is 9.60. The maximum absolute atomic E-state index is 11.8. The molecule has 0 radical (unpaired) electrons. The summed E-state index contributed by atoms with van der Waals surface area (Å²) in [5, 5.41) is 7.30. The van der Waals surface area contributed by atoms with Gasteiger partial charge in [-0.25, -0.2) is 0 Å². The van der Waals surface area contributed by atoms with E-state index in [9.17, 15) is 9.59 Å². The number of esters is 2. The first-order valence-electron chi connectivity index (χ1n) is 8.94. The number of hydrogen-bond acceptors (Lipinski definition) is 7. The van der Waals surface area contributed by atoms with E-state index in [1.165, 1.54) is 13.8 Å². The first kappa shape index (κ1) is 23.8. The largest absolute Gasteiger partial charge is 0.458 e. The van der Waals surface area contributed by atoms with Crippen LogP contribution in [-0.2, 0) is 23.5 Å². The molecule has 0 amide bonds. The van der Waals surface area contributed by atoms with Gasteiger partial charge in [0.2, 0.25) is 0 Å². The van der Waals surface area contributed by atoms with Gasteiger partial charge in [-0.15, -0.1) is 0 Å². The maximum atomic E-state index is 11.8. The predicted molar refractivity (Wildman–Crippen MR) is 104 cm³/mol. The Kier molecular flexibility index (Phi) is 7.89. The third kappa shape index (κ3) is 5.87. The Labute approximate surface area is 165 Å². The number of hydrogen-bond donors (Lipinski definition) is 0. The van der Waals surface area contributed by atoms with Crippen LogP contribution in [0.15, 0.2) is 10.2 Å². The molecule has 11 nitrogen and oxygen atoms in total. The Morgan fingerprint density at radius 2 is 1.36 bits per heavy atom. The molecule has 28 heavy (non-hydrogen) atoms. The maximum Gasteiger partial charge on any atom is 0.303 e. The van der Waals surface area contributed by atoms with Gasteiger partial charge in [0.1, 0.15) is 6.10 Å². The Hall–Kier alpha value is -2.26. The van der Waals surface area contributed by atoms with Gasteiger partial charge >= 0.3 is 11.9 Å². The smallest absolute Gasteiger partial charge is 0.303 e. The third-order valence-electron chi connectivity index (χ3n) is 5.13. The van der Waals surface area contributed by atoms with Gasteiger partial charge in [-0.05, 0) is 35.6 Å². The molecule has 0 N–H and O–H groups in total. The molecule has 5 atom stereocenters. The molecule has 0 bridgehead atoms. The molecule has 0 aromatic rings. The molecule has 12 heteroatoms. The van der Waals surface area contributed by atoms with Gasteiger partial charge in [0.15, 0.2) is 14.4 Å². The first-order chi connectivity index (χ1) is 12.8. The minimum atomic E-state index is -2.38. The highest BCUT2D eigenvalue weighted by Gasteiger charge is 2.52. The van der Waals surface area contributed by atoms with Gasteiger partial charge in [0, 0.05) is 23.7 Å². The summed E-state index contributed by atoms with van der Waals surface area (Å²) in [6.45, 7) is 12.6. The highest BCUT2D eigenvalue weighted by molar-refractivity contribution is 6.74. The van der Waals surface area contributed by atoms with E-state index in [1.54, 1.807) is 0 Å². The molecule has 1 saturated carbocycles. The fraction of sp³-hybridized carbons (Fsp3) is 0.875. The van der Waals surface area contributed by atoms with Crippen LogP contribution in [0.3, 0.4) is 0 Å². The Morgan fingerprint density at radius 1 is 0.929 bits per heavy atom. The van der Waals surface area contributed by atoms with Crippen molar-refractivity contribution < 1.29 is 23.5 Å². The van der Waals surface area contributed by atoms with Crippen LogP contribution in [0.25, 0.3) is 20.9 Å². The number of carbonyl (C=O) groups is 2. The van der Waals surface area contributed by atoms with Crippen molar-refractivity contribution in [1.29, 1.82) is 0 Å². The average Bonchev–Trinajstić information content (AvgIpc) is 2.52. The number of azide groups is 2. The minimum Gasteiger partial charge on any atom is -0.458 e. The quantitative estimate of drug-likeness (QED) is 0.211. The second-order valence-corrected chi connectivity index (χ2v) is 13.0. The zero-order valence-corrected chi connectivity index (χ0v) is 18.3. The number of rotatable bonds is 6. The Bertz CT molecular complexity index is 696. The average molecular weight is 413 g/mol. The SMILES string of the molecule is CC(=O)O[C@@H]1[C@@H](OC(C)=O)[C@H](N=[N+]=[N-])C[C@H](N=[N+]=[N-])[C@H]1O[Si](C)(C)C(C)(C)C. The second-order valence-electron chi connectivity index (χ2n) is 8.27. The molecule has 1 rings (SSSR count). The summed E-state index contributed by atoms with van der Waals surface area (Å²) in [7, 11) is -2.38. The van der Waals surface area contributed by atoms with E-state index in [2.05, 4.69) is 20.1 Å². The van der Waals surface area contributed by atoms with Crippen LogP contribution < -0.4 is 0 Å². The number of nitrogens with zero attached hydrogens (tertiary/aromatic N) is 6. The standard InChI is InChI=1S/C16H28N6O5Si/c1-9(23)25-13-11(19-21-17)8-12(20-22-18)14(15(13)26-10(2)24)27-28(6,7)16(3,4)5/h11-15H,8H2,1-7H3/t11-,12+,13+,14-,15-/m1/s1. The van der Waals surface area contributed by atoms with Crippen molar-refractivity contribution >= 4 is 20.3 Å². The molecule has 0 unspecified atom stereocenters. The Balaban J connectivity index is 3.48. The lowest BCUT2D eigenvalue weighted by Crippen LogP contribution is -2.61. The van der Waals surface area contributed by atoms with Crippen molar-refractivity contribution in [3.8, 4) is 0 Å². The van der Waals surface area contributed by atoms with E-state index in [4.69, 9.17) is 25.0 Å². The molecule has 0 aliphatic heterocycles. The summed E-state index contributed by atoms with van der Waals surface area (Å²) >= 11 is 0. The van der Waals surface area contributed by atoms with Crippen LogP contribution in [0.5, 0.6) is 0 Å². The fourth-order valence-electron chi connectivity index (χ4n) is 2.82. The lowest BCUT2D eigenvalue weighted by molar-refractivity contribution is -0.182. The monoisotopic (exact) mass is 412 g/mol. The van der Waals surface area contributed by atoms with Gasteiger partial charge in [-0.1, -0.05) is 31.0 Å². The molecule has 156 valence electrons. The molecule has 1 aliphatic carbocycles. The summed E-state index contributed by atoms with van der Waals surface area (Å²) in [5.41, 5.74) is 17.9.